The van der Waals surface area contributed by atoms with Crippen LogP contribution >= 0.6 is 0 Å². The second-order valence-electron chi connectivity index (χ2n) is 4.85. The maximum atomic E-state index is 14.1. The van der Waals surface area contributed by atoms with Crippen LogP contribution in [0.1, 0.15) is 40.9 Å². The molecule has 2 N–H and O–H groups in total. The predicted octanol–water partition coefficient (Wildman–Crippen LogP) is 4.75. The summed E-state index contributed by atoms with van der Waals surface area (Å²) in [6, 6.07) is 2.89. The summed E-state index contributed by atoms with van der Waals surface area (Å²) in [6.45, 7) is 8.90. The molecule has 0 aliphatic rings. The zero-order valence-electron chi connectivity index (χ0n) is 13.8. The van der Waals surface area contributed by atoms with Crippen molar-refractivity contribution in [2.75, 3.05) is 5.32 Å². The lowest BCUT2D eigenvalue weighted by atomic mass is 10.1. The molecule has 4 nitrogen and oxygen atoms in total. The molecule has 1 aromatic heterocycles. The van der Waals surface area contributed by atoms with Crippen molar-refractivity contribution < 1.29 is 18.7 Å². The standard InChI is InChI=1S/C15H14F2N2O2.C2H6/c1-7-4-9(3)14(18-6-7)19-13-10(15(20)21)5-8(2)11(16)12(13)17;1-2/h4-6H,1-3H3,(H,18,19)(H,20,21);1-2H3. The van der Waals surface area contributed by atoms with E-state index in [1.54, 1.807) is 19.2 Å². The number of hydrogen-bond acceptors (Lipinski definition) is 3. The molecule has 124 valence electrons. The minimum absolute atomic E-state index is 0.0657. The van der Waals surface area contributed by atoms with Gasteiger partial charge in [0.25, 0.3) is 0 Å². The number of rotatable bonds is 3. The highest BCUT2D eigenvalue weighted by Gasteiger charge is 2.21. The topological polar surface area (TPSA) is 62.2 Å². The molecule has 1 aromatic carbocycles. The summed E-state index contributed by atoms with van der Waals surface area (Å²) < 4.78 is 27.7. The summed E-state index contributed by atoms with van der Waals surface area (Å²) in [5.41, 5.74) is 0.779. The van der Waals surface area contributed by atoms with Crippen LogP contribution in [0.2, 0.25) is 0 Å². The number of benzene rings is 1. The van der Waals surface area contributed by atoms with Crippen molar-refractivity contribution in [3.8, 4) is 0 Å². The number of nitrogens with one attached hydrogen (secondary N) is 1. The van der Waals surface area contributed by atoms with Gasteiger partial charge in [-0.05, 0) is 43.5 Å². The molecule has 23 heavy (non-hydrogen) atoms. The number of pyridine rings is 1. The first-order chi connectivity index (χ1) is 10.8. The van der Waals surface area contributed by atoms with Gasteiger partial charge in [0.15, 0.2) is 11.6 Å². The van der Waals surface area contributed by atoms with Crippen molar-refractivity contribution in [3.63, 3.8) is 0 Å². The van der Waals surface area contributed by atoms with Crippen molar-refractivity contribution in [3.05, 3.63) is 52.2 Å². The monoisotopic (exact) mass is 322 g/mol. The van der Waals surface area contributed by atoms with Gasteiger partial charge >= 0.3 is 5.97 Å². The normalized spacial score (nSPS) is 9.87. The van der Waals surface area contributed by atoms with Gasteiger partial charge in [0.1, 0.15) is 5.82 Å². The average Bonchev–Trinajstić information content (AvgIpc) is 2.51. The lowest BCUT2D eigenvalue weighted by Gasteiger charge is -2.14. The quantitative estimate of drug-likeness (QED) is 0.856. The van der Waals surface area contributed by atoms with E-state index in [0.717, 1.165) is 11.6 Å². The van der Waals surface area contributed by atoms with Gasteiger partial charge in [-0.25, -0.2) is 18.6 Å². The average molecular weight is 322 g/mol. The highest BCUT2D eigenvalue weighted by Crippen LogP contribution is 2.29. The number of carboxylic acid groups (broad SMARTS) is 1. The molecular formula is C17H20F2N2O2. The minimum atomic E-state index is -1.34. The summed E-state index contributed by atoms with van der Waals surface area (Å²) in [7, 11) is 0. The largest absolute Gasteiger partial charge is 0.478 e. The number of aromatic nitrogens is 1. The highest BCUT2D eigenvalue weighted by molar-refractivity contribution is 5.95. The molecule has 0 amide bonds. The Morgan fingerprint density at radius 3 is 2.22 bits per heavy atom. The first-order valence-electron chi connectivity index (χ1n) is 7.23. The van der Waals surface area contributed by atoms with Crippen LogP contribution in [0.3, 0.4) is 0 Å². The van der Waals surface area contributed by atoms with E-state index in [2.05, 4.69) is 10.3 Å². The molecule has 0 saturated carbocycles. The van der Waals surface area contributed by atoms with Gasteiger partial charge in [-0.2, -0.15) is 0 Å². The Kier molecular flexibility index (Phi) is 6.18. The summed E-state index contributed by atoms with van der Waals surface area (Å²) in [5.74, 6) is -3.36. The van der Waals surface area contributed by atoms with E-state index in [9.17, 15) is 13.6 Å². The number of hydrogen-bond donors (Lipinski definition) is 2. The molecular weight excluding hydrogens is 302 g/mol. The zero-order chi connectivity index (χ0) is 17.7. The minimum Gasteiger partial charge on any atom is -0.478 e. The van der Waals surface area contributed by atoms with E-state index in [4.69, 9.17) is 5.11 Å². The zero-order valence-corrected chi connectivity index (χ0v) is 13.8. The highest BCUT2D eigenvalue weighted by atomic mass is 19.2. The molecule has 0 aliphatic carbocycles. The maximum absolute atomic E-state index is 14.1. The fraction of sp³-hybridized carbons (Fsp3) is 0.294. The Morgan fingerprint density at radius 2 is 1.70 bits per heavy atom. The Labute approximate surface area is 134 Å². The molecule has 0 spiro atoms. The van der Waals surface area contributed by atoms with Crippen LogP contribution in [0, 0.1) is 32.4 Å². The van der Waals surface area contributed by atoms with E-state index < -0.39 is 23.3 Å². The Morgan fingerprint density at radius 1 is 1.09 bits per heavy atom. The Hall–Kier alpha value is -2.50. The third kappa shape index (κ3) is 4.03. The number of aryl methyl sites for hydroxylation is 3. The third-order valence-electron chi connectivity index (χ3n) is 3.08. The molecule has 1 heterocycles. The molecule has 6 heteroatoms. The number of aromatic carboxylic acids is 1. The van der Waals surface area contributed by atoms with Crippen molar-refractivity contribution in [2.45, 2.75) is 34.6 Å². The predicted molar refractivity (Wildman–Crippen MR) is 86.4 cm³/mol. The van der Waals surface area contributed by atoms with E-state index in [1.165, 1.54) is 6.92 Å². The third-order valence-corrected chi connectivity index (χ3v) is 3.08. The first kappa shape index (κ1) is 18.5. The fourth-order valence-corrected chi connectivity index (χ4v) is 2.01. The van der Waals surface area contributed by atoms with Crippen molar-refractivity contribution in [2.24, 2.45) is 0 Å². The van der Waals surface area contributed by atoms with Crippen LogP contribution in [-0.2, 0) is 0 Å². The van der Waals surface area contributed by atoms with Gasteiger partial charge in [0.2, 0.25) is 0 Å². The van der Waals surface area contributed by atoms with Crippen LogP contribution in [0.15, 0.2) is 18.3 Å². The second-order valence-corrected chi connectivity index (χ2v) is 4.85. The molecule has 0 aliphatic heterocycles. The van der Waals surface area contributed by atoms with Crippen molar-refractivity contribution in [1.29, 1.82) is 0 Å². The number of anilines is 2. The summed E-state index contributed by atoms with van der Waals surface area (Å²) >= 11 is 0. The summed E-state index contributed by atoms with van der Waals surface area (Å²) in [4.78, 5) is 15.3. The van der Waals surface area contributed by atoms with Gasteiger partial charge < -0.3 is 10.4 Å². The molecule has 0 bridgehead atoms. The number of carboxylic acids is 1. The SMILES string of the molecule is CC.Cc1cnc(Nc2c(C(=O)O)cc(C)c(F)c2F)c(C)c1. The van der Waals surface area contributed by atoms with Gasteiger partial charge in [-0.1, -0.05) is 19.9 Å². The van der Waals surface area contributed by atoms with Crippen LogP contribution in [-0.4, -0.2) is 16.1 Å². The molecule has 0 fully saturated rings. The van der Waals surface area contributed by atoms with E-state index >= 15 is 0 Å². The molecule has 0 unspecified atom stereocenters. The number of halogens is 2. The maximum Gasteiger partial charge on any atom is 0.337 e. The second kappa shape index (κ2) is 7.67. The molecule has 2 aromatic rings. The molecule has 0 saturated heterocycles. The van der Waals surface area contributed by atoms with Gasteiger partial charge in [0.05, 0.1) is 11.3 Å². The Bertz CT molecular complexity index is 731. The van der Waals surface area contributed by atoms with Crippen LogP contribution < -0.4 is 5.32 Å². The van der Waals surface area contributed by atoms with Gasteiger partial charge in [-0.3, -0.25) is 0 Å². The van der Waals surface area contributed by atoms with E-state index in [0.29, 0.717) is 5.56 Å². The van der Waals surface area contributed by atoms with Crippen LogP contribution in [0.5, 0.6) is 0 Å². The van der Waals surface area contributed by atoms with Crippen molar-refractivity contribution in [1.82, 2.24) is 4.98 Å². The van der Waals surface area contributed by atoms with Crippen molar-refractivity contribution >= 4 is 17.5 Å². The molecule has 0 atom stereocenters. The van der Waals surface area contributed by atoms with E-state index in [-0.39, 0.29) is 16.9 Å². The van der Waals surface area contributed by atoms with Gasteiger partial charge in [0, 0.05) is 6.20 Å². The van der Waals surface area contributed by atoms with E-state index in [1.807, 2.05) is 20.8 Å². The first-order valence-corrected chi connectivity index (χ1v) is 7.23. The smallest absolute Gasteiger partial charge is 0.337 e. The Balaban J connectivity index is 0.00000127. The fourth-order valence-electron chi connectivity index (χ4n) is 2.01. The lowest BCUT2D eigenvalue weighted by Crippen LogP contribution is -2.09. The summed E-state index contributed by atoms with van der Waals surface area (Å²) in [5, 5.41) is 11.7. The molecule has 2 rings (SSSR count). The number of nitrogens with zero attached hydrogens (tertiary/aromatic N) is 1. The lowest BCUT2D eigenvalue weighted by molar-refractivity contribution is 0.0697. The van der Waals surface area contributed by atoms with Crippen LogP contribution in [0.25, 0.3) is 0 Å². The van der Waals surface area contributed by atoms with Gasteiger partial charge in [-0.15, -0.1) is 0 Å². The van der Waals surface area contributed by atoms with Crippen LogP contribution in [0.4, 0.5) is 20.3 Å². The molecule has 0 radical (unpaired) electrons. The summed E-state index contributed by atoms with van der Waals surface area (Å²) in [6.07, 6.45) is 1.55. The number of carbonyl (C=O) groups is 1.